The van der Waals surface area contributed by atoms with Crippen molar-refractivity contribution in [1.29, 1.82) is 5.26 Å². The van der Waals surface area contributed by atoms with Crippen LogP contribution in [0, 0.1) is 25.2 Å². The van der Waals surface area contributed by atoms with Crippen LogP contribution in [0.2, 0.25) is 0 Å². The van der Waals surface area contributed by atoms with E-state index in [4.69, 9.17) is 15.0 Å². The molecule has 0 saturated carbocycles. The molecule has 0 radical (unpaired) electrons. The van der Waals surface area contributed by atoms with Crippen LogP contribution >= 0.6 is 30.3 Å². The van der Waals surface area contributed by atoms with Gasteiger partial charge in [0.25, 0.3) is 0 Å². The van der Waals surface area contributed by atoms with Gasteiger partial charge in [-0.3, -0.25) is 3.97 Å². The van der Waals surface area contributed by atoms with Gasteiger partial charge < -0.3 is 9.72 Å². The first-order valence-corrected chi connectivity index (χ1v) is 11.7. The highest BCUT2D eigenvalue weighted by molar-refractivity contribution is 14.2. The minimum Gasteiger partial charge on any atom is -0.369 e. The maximum absolute atomic E-state index is 9.13. The Labute approximate surface area is 173 Å². The monoisotopic (exact) mass is 488 g/mol. The summed E-state index contributed by atoms with van der Waals surface area (Å²) in [6.07, 6.45) is 1.77. The first-order valence-electron chi connectivity index (χ1n) is 8.40. The van der Waals surface area contributed by atoms with Crippen LogP contribution in [0.4, 0.5) is 0 Å². The van der Waals surface area contributed by atoms with E-state index < -0.39 is 0 Å². The van der Waals surface area contributed by atoms with E-state index in [2.05, 4.69) is 68.4 Å². The zero-order valence-corrected chi connectivity index (χ0v) is 18.1. The highest BCUT2D eigenvalue weighted by atomic mass is 127. The summed E-state index contributed by atoms with van der Waals surface area (Å²) in [7, 11) is 3.35. The molecular weight excluding hydrogens is 471 g/mol. The fraction of sp³-hybridized carbons (Fsp3) is 0.200. The Bertz CT molecular complexity index is 1200. The Morgan fingerprint density at radius 2 is 2.07 bits per heavy atom. The van der Waals surface area contributed by atoms with E-state index in [1.165, 1.54) is 22.0 Å². The van der Waals surface area contributed by atoms with E-state index in [0.29, 0.717) is 5.56 Å². The molecule has 27 heavy (non-hydrogen) atoms. The molecule has 4 aromatic rings. The predicted octanol–water partition coefficient (Wildman–Crippen LogP) is 5.59. The van der Waals surface area contributed by atoms with Gasteiger partial charge in [-0.25, -0.2) is 4.98 Å². The lowest BCUT2D eigenvalue weighted by molar-refractivity contribution is 0.130. The minimum atomic E-state index is -0.318. The number of H-pyrrole nitrogens is 1. The van der Waals surface area contributed by atoms with E-state index in [1.54, 1.807) is 22.3 Å². The largest absolute Gasteiger partial charge is 0.369 e. The zero-order chi connectivity index (χ0) is 19.1. The van der Waals surface area contributed by atoms with Crippen LogP contribution in [-0.2, 0) is 4.74 Å². The number of halogens is 1. The lowest BCUT2D eigenvalue weighted by Gasteiger charge is -2.18. The lowest BCUT2D eigenvalue weighted by atomic mass is 9.96. The Kier molecular flexibility index (Phi) is 4.88. The number of nitriles is 1. The summed E-state index contributed by atoms with van der Waals surface area (Å²) >= 11 is 2.29. The van der Waals surface area contributed by atoms with Gasteiger partial charge in [-0.1, -0.05) is 6.07 Å². The zero-order valence-electron chi connectivity index (χ0n) is 15.1. The quantitative estimate of drug-likeness (QED) is 0.381. The molecule has 1 N–H and O–H groups in total. The van der Waals surface area contributed by atoms with E-state index in [-0.39, 0.29) is 6.10 Å². The SMILES string of the molecule is COC(c1nc2ccc(C#N)cc2[nH]1)c1c(C)cc(C)c2c1ccn2SI. The number of fused-ring (bicyclic) bond motifs is 2. The number of aromatic amines is 1. The summed E-state index contributed by atoms with van der Waals surface area (Å²) in [4.78, 5) is 8.08. The van der Waals surface area contributed by atoms with Crippen LogP contribution in [0.15, 0.2) is 36.5 Å². The number of rotatable bonds is 4. The second-order valence-electron chi connectivity index (χ2n) is 6.48. The molecule has 7 heteroatoms. The van der Waals surface area contributed by atoms with Crippen LogP contribution in [-0.4, -0.2) is 21.1 Å². The smallest absolute Gasteiger partial charge is 0.141 e. The number of hydrogen-bond acceptors (Lipinski definition) is 4. The van der Waals surface area contributed by atoms with Crippen LogP contribution in [0.3, 0.4) is 0 Å². The summed E-state index contributed by atoms with van der Waals surface area (Å²) in [5.41, 5.74) is 6.98. The van der Waals surface area contributed by atoms with E-state index in [9.17, 15) is 0 Å². The molecule has 0 aliphatic rings. The summed E-state index contributed by atoms with van der Waals surface area (Å²) in [5.74, 6) is 0.741. The molecule has 2 heterocycles. The molecule has 1 unspecified atom stereocenters. The maximum Gasteiger partial charge on any atom is 0.141 e. The molecule has 0 fully saturated rings. The molecule has 1 atom stereocenters. The van der Waals surface area contributed by atoms with Crippen LogP contribution in [0.25, 0.3) is 21.9 Å². The number of imidazole rings is 1. The molecule has 4 rings (SSSR count). The molecule has 0 spiro atoms. The standard InChI is InChI=1S/C20H17IN4OS/c1-11-8-12(2)18-14(6-7-25(18)27-21)17(11)19(26-3)20-23-15-5-4-13(10-22)9-16(15)24-20/h4-9,19H,1-3H3,(H,23,24). The number of methoxy groups -OCH3 is 1. The Morgan fingerprint density at radius 1 is 1.26 bits per heavy atom. The van der Waals surface area contributed by atoms with E-state index in [1.807, 2.05) is 12.1 Å². The number of benzene rings is 2. The molecule has 2 aromatic carbocycles. The lowest BCUT2D eigenvalue weighted by Crippen LogP contribution is -2.08. The third-order valence-corrected chi connectivity index (χ3v) is 6.55. The van der Waals surface area contributed by atoms with E-state index >= 15 is 0 Å². The molecule has 0 saturated heterocycles. The topological polar surface area (TPSA) is 66.6 Å². The molecule has 5 nitrogen and oxygen atoms in total. The second kappa shape index (κ2) is 7.19. The van der Waals surface area contributed by atoms with Crippen molar-refractivity contribution in [1.82, 2.24) is 13.9 Å². The number of nitrogens with one attached hydrogen (secondary N) is 1. The summed E-state index contributed by atoms with van der Waals surface area (Å²) < 4.78 is 8.07. The molecule has 0 aliphatic carbocycles. The van der Waals surface area contributed by atoms with Gasteiger partial charge >= 0.3 is 0 Å². The van der Waals surface area contributed by atoms with Gasteiger partial charge in [0.15, 0.2) is 0 Å². The molecule has 0 bridgehead atoms. The van der Waals surface area contributed by atoms with Crippen molar-refractivity contribution in [3.05, 3.63) is 64.6 Å². The average Bonchev–Trinajstić information content (AvgIpc) is 3.28. The van der Waals surface area contributed by atoms with Crippen LogP contribution < -0.4 is 0 Å². The Morgan fingerprint density at radius 3 is 2.78 bits per heavy atom. The fourth-order valence-electron chi connectivity index (χ4n) is 3.70. The minimum absolute atomic E-state index is 0.318. The maximum atomic E-state index is 9.13. The number of nitrogens with zero attached hydrogens (tertiary/aromatic N) is 3. The predicted molar refractivity (Wildman–Crippen MR) is 118 cm³/mol. The molecule has 0 amide bonds. The highest BCUT2D eigenvalue weighted by Gasteiger charge is 2.24. The molecular formula is C20H17IN4OS. The third-order valence-electron chi connectivity index (χ3n) is 4.82. The number of hydrogen-bond donors (Lipinski definition) is 1. The number of ether oxygens (including phenoxy) is 1. The second-order valence-corrected chi connectivity index (χ2v) is 8.19. The summed E-state index contributed by atoms with van der Waals surface area (Å²) in [6, 6.07) is 12.0. The van der Waals surface area contributed by atoms with Gasteiger partial charge in [-0.15, -0.1) is 0 Å². The van der Waals surface area contributed by atoms with Crippen molar-refractivity contribution in [3.63, 3.8) is 0 Å². The van der Waals surface area contributed by atoms with Crippen molar-refractivity contribution in [2.24, 2.45) is 0 Å². The number of aromatic nitrogens is 3. The van der Waals surface area contributed by atoms with Gasteiger partial charge in [0.05, 0.1) is 28.2 Å². The van der Waals surface area contributed by atoms with Gasteiger partial charge in [-0.05, 0) is 49.2 Å². The average molecular weight is 488 g/mol. The van der Waals surface area contributed by atoms with Gasteiger partial charge in [0.1, 0.15) is 11.9 Å². The van der Waals surface area contributed by atoms with Crippen molar-refractivity contribution >= 4 is 52.3 Å². The van der Waals surface area contributed by atoms with Gasteiger partial charge in [0.2, 0.25) is 0 Å². The molecule has 136 valence electrons. The third kappa shape index (κ3) is 3.02. The van der Waals surface area contributed by atoms with Crippen molar-refractivity contribution in [2.75, 3.05) is 7.11 Å². The number of aryl methyl sites for hydroxylation is 2. The van der Waals surface area contributed by atoms with E-state index in [0.717, 1.165) is 22.4 Å². The highest BCUT2D eigenvalue weighted by Crippen LogP contribution is 2.37. The normalized spacial score (nSPS) is 12.6. The van der Waals surface area contributed by atoms with Crippen molar-refractivity contribution in [3.8, 4) is 6.07 Å². The van der Waals surface area contributed by atoms with Gasteiger partial charge in [-0.2, -0.15) is 5.26 Å². The van der Waals surface area contributed by atoms with Crippen LogP contribution in [0.5, 0.6) is 0 Å². The fourth-order valence-corrected chi connectivity index (χ4v) is 5.10. The van der Waals surface area contributed by atoms with Crippen LogP contribution in [0.1, 0.15) is 34.2 Å². The summed E-state index contributed by atoms with van der Waals surface area (Å²) in [6.45, 7) is 4.24. The van der Waals surface area contributed by atoms with Crippen molar-refractivity contribution in [2.45, 2.75) is 20.0 Å². The first-order chi connectivity index (χ1) is 13.1. The van der Waals surface area contributed by atoms with Gasteiger partial charge in [0, 0.05) is 54.6 Å². The first kappa shape index (κ1) is 18.3. The van der Waals surface area contributed by atoms with Crippen molar-refractivity contribution < 1.29 is 4.74 Å². The Hall–Kier alpha value is -2.02. The molecule has 2 aromatic heterocycles. The summed E-state index contributed by atoms with van der Waals surface area (Å²) in [5, 5.41) is 10.3. The molecule has 0 aliphatic heterocycles. The Balaban J connectivity index is 1.93.